The van der Waals surface area contributed by atoms with Crippen molar-refractivity contribution in [3.63, 3.8) is 0 Å². The van der Waals surface area contributed by atoms with Crippen molar-refractivity contribution in [3.05, 3.63) is 87.1 Å². The summed E-state index contributed by atoms with van der Waals surface area (Å²) in [4.78, 5) is 25.4. The van der Waals surface area contributed by atoms with Crippen LogP contribution >= 0.6 is 22.9 Å². The lowest BCUT2D eigenvalue weighted by Gasteiger charge is -2.10. The van der Waals surface area contributed by atoms with Gasteiger partial charge in [0.1, 0.15) is 9.96 Å². The van der Waals surface area contributed by atoms with E-state index in [0.29, 0.717) is 32.0 Å². The van der Waals surface area contributed by atoms with E-state index in [4.69, 9.17) is 16.2 Å². The van der Waals surface area contributed by atoms with Gasteiger partial charge in [-0.3, -0.25) is 23.4 Å². The van der Waals surface area contributed by atoms with Crippen LogP contribution in [0.4, 0.5) is 5.69 Å². The fraction of sp³-hybridized carbons (Fsp3) is 0.0909. The first-order chi connectivity index (χ1) is 16.1. The molecule has 0 radical (unpaired) electrons. The zero-order valence-corrected chi connectivity index (χ0v) is 20.5. The van der Waals surface area contributed by atoms with Crippen LogP contribution in [0, 0.1) is 0 Å². The van der Waals surface area contributed by atoms with Crippen molar-refractivity contribution < 1.29 is 22.0 Å². The number of thiophene rings is 1. The van der Waals surface area contributed by atoms with E-state index >= 15 is 0 Å². The molecule has 0 saturated heterocycles. The average Bonchev–Trinajstić information content (AvgIpc) is 3.22. The molecule has 0 aliphatic carbocycles. The lowest BCUT2D eigenvalue weighted by molar-refractivity contribution is -0.116. The third kappa shape index (κ3) is 5.45. The number of anilines is 1. The Labute approximate surface area is 206 Å². The molecule has 176 valence electrons. The Morgan fingerprint density at radius 2 is 1.82 bits per heavy atom. The molecular formula is C22H17ClN2O6S3. The maximum absolute atomic E-state index is 13.0. The van der Waals surface area contributed by atoms with Crippen molar-refractivity contribution >= 4 is 66.3 Å². The monoisotopic (exact) mass is 536 g/mol. The van der Waals surface area contributed by atoms with Gasteiger partial charge in [-0.25, -0.2) is 12.6 Å². The highest BCUT2D eigenvalue weighted by molar-refractivity contribution is 7.94. The van der Waals surface area contributed by atoms with E-state index in [1.807, 2.05) is 0 Å². The third-order valence-corrected chi connectivity index (χ3v) is 8.83. The summed E-state index contributed by atoms with van der Waals surface area (Å²) in [5, 5.41) is 1.03. The number of ketones is 1. The van der Waals surface area contributed by atoms with Gasteiger partial charge in [-0.1, -0.05) is 29.8 Å². The SMILES string of the molecule is O=C(Cc1ccc(-n2ccc3ccc(NS(=O)O)cc3c2=O)cc1)CS(=O)(=O)c1ccc(Cl)s1. The number of hydrogen-bond donors (Lipinski definition) is 2. The predicted octanol–water partition coefficient (Wildman–Crippen LogP) is 3.84. The number of nitrogens with zero attached hydrogens (tertiary/aromatic N) is 1. The summed E-state index contributed by atoms with van der Waals surface area (Å²) in [6, 6.07) is 16.0. The van der Waals surface area contributed by atoms with Crippen LogP contribution in [0.3, 0.4) is 0 Å². The molecule has 4 aromatic rings. The van der Waals surface area contributed by atoms with Crippen LogP contribution in [-0.2, 0) is 32.3 Å². The minimum atomic E-state index is -3.75. The van der Waals surface area contributed by atoms with Gasteiger partial charge in [-0.2, -0.15) is 0 Å². The molecule has 0 aliphatic rings. The van der Waals surface area contributed by atoms with Crippen LogP contribution in [-0.4, -0.2) is 33.3 Å². The molecular weight excluding hydrogens is 520 g/mol. The average molecular weight is 537 g/mol. The van der Waals surface area contributed by atoms with Crippen LogP contribution in [0.5, 0.6) is 0 Å². The normalized spacial score (nSPS) is 12.5. The summed E-state index contributed by atoms with van der Waals surface area (Å²) in [6.45, 7) is 0. The van der Waals surface area contributed by atoms with E-state index < -0.39 is 32.6 Å². The Morgan fingerprint density at radius 3 is 2.47 bits per heavy atom. The van der Waals surface area contributed by atoms with Gasteiger partial charge in [0.15, 0.2) is 15.6 Å². The minimum Gasteiger partial charge on any atom is -0.298 e. The summed E-state index contributed by atoms with van der Waals surface area (Å²) >= 11 is 4.44. The van der Waals surface area contributed by atoms with E-state index in [2.05, 4.69) is 4.72 Å². The van der Waals surface area contributed by atoms with Gasteiger partial charge in [0.05, 0.1) is 4.34 Å². The predicted molar refractivity (Wildman–Crippen MR) is 134 cm³/mol. The summed E-state index contributed by atoms with van der Waals surface area (Å²) in [7, 11) is -3.75. The molecule has 0 bridgehead atoms. The van der Waals surface area contributed by atoms with Gasteiger partial charge in [0.2, 0.25) is 0 Å². The van der Waals surface area contributed by atoms with Crippen LogP contribution in [0.1, 0.15) is 5.56 Å². The van der Waals surface area contributed by atoms with Gasteiger partial charge >= 0.3 is 0 Å². The molecule has 0 fully saturated rings. The number of aromatic nitrogens is 1. The number of rotatable bonds is 8. The molecule has 2 heterocycles. The molecule has 1 unspecified atom stereocenters. The Bertz CT molecular complexity index is 1580. The molecule has 8 nitrogen and oxygen atoms in total. The highest BCUT2D eigenvalue weighted by Gasteiger charge is 2.21. The molecule has 1 atom stereocenters. The first-order valence-electron chi connectivity index (χ1n) is 9.74. The second-order valence-electron chi connectivity index (χ2n) is 7.34. The molecule has 0 saturated carbocycles. The maximum Gasteiger partial charge on any atom is 0.263 e. The van der Waals surface area contributed by atoms with E-state index in [-0.39, 0.29) is 16.2 Å². The molecule has 0 aliphatic heterocycles. The summed E-state index contributed by atoms with van der Waals surface area (Å²) in [5.74, 6) is -1.08. The largest absolute Gasteiger partial charge is 0.298 e. The van der Waals surface area contributed by atoms with Gasteiger partial charge in [0, 0.05) is 29.4 Å². The molecule has 4 rings (SSSR count). The van der Waals surface area contributed by atoms with Crippen molar-refractivity contribution in [2.24, 2.45) is 0 Å². The van der Waals surface area contributed by atoms with Crippen LogP contribution in [0.2, 0.25) is 4.34 Å². The number of pyridine rings is 1. The van der Waals surface area contributed by atoms with Crippen molar-refractivity contribution in [2.75, 3.05) is 10.5 Å². The number of carbonyl (C=O) groups is 1. The number of hydrogen-bond acceptors (Lipinski definition) is 6. The Kier molecular flexibility index (Phi) is 7.01. The lowest BCUT2D eigenvalue weighted by atomic mass is 10.1. The number of halogens is 1. The topological polar surface area (TPSA) is 123 Å². The van der Waals surface area contributed by atoms with E-state index in [1.54, 1.807) is 48.7 Å². The summed E-state index contributed by atoms with van der Waals surface area (Å²) in [5.41, 5.74) is 1.16. The van der Waals surface area contributed by atoms with E-state index in [0.717, 1.165) is 11.3 Å². The lowest BCUT2D eigenvalue weighted by Crippen LogP contribution is -2.18. The Morgan fingerprint density at radius 1 is 1.09 bits per heavy atom. The van der Waals surface area contributed by atoms with Crippen LogP contribution < -0.4 is 10.3 Å². The van der Waals surface area contributed by atoms with Gasteiger partial charge in [-0.15, -0.1) is 11.3 Å². The quantitative estimate of drug-likeness (QED) is 0.330. The zero-order valence-electron chi connectivity index (χ0n) is 17.3. The maximum atomic E-state index is 13.0. The molecule has 2 aromatic carbocycles. The number of carbonyl (C=O) groups excluding carboxylic acids is 1. The molecule has 0 spiro atoms. The fourth-order valence-corrected chi connectivity index (χ4v) is 6.55. The highest BCUT2D eigenvalue weighted by atomic mass is 35.5. The smallest absolute Gasteiger partial charge is 0.263 e. The molecule has 2 N–H and O–H groups in total. The van der Waals surface area contributed by atoms with Crippen molar-refractivity contribution in [1.29, 1.82) is 0 Å². The zero-order chi connectivity index (χ0) is 24.5. The first-order valence-corrected chi connectivity index (χ1v) is 13.7. The van der Waals surface area contributed by atoms with Crippen molar-refractivity contribution in [1.82, 2.24) is 4.57 Å². The first kappa shape index (κ1) is 24.3. The van der Waals surface area contributed by atoms with Crippen molar-refractivity contribution in [3.8, 4) is 5.69 Å². The third-order valence-electron chi connectivity index (χ3n) is 4.93. The standard InChI is InChI=1S/C22H17ClN2O6S3/c23-20-7-8-21(32-20)34(30,31)13-18(26)11-14-1-5-17(6-2-14)25-10-9-15-3-4-16(24-33(28)29)12-19(15)22(25)27/h1-10,12,24H,11,13H2,(H,28,29). The summed E-state index contributed by atoms with van der Waals surface area (Å²) in [6.07, 6.45) is 1.54. The van der Waals surface area contributed by atoms with E-state index in [1.165, 1.54) is 22.8 Å². The van der Waals surface area contributed by atoms with E-state index in [9.17, 15) is 22.2 Å². The molecule has 0 amide bonds. The molecule has 34 heavy (non-hydrogen) atoms. The Balaban J connectivity index is 1.53. The molecule has 12 heteroatoms. The van der Waals surface area contributed by atoms with Crippen LogP contribution in [0.25, 0.3) is 16.5 Å². The number of sulfone groups is 1. The number of Topliss-reactive ketones (excluding diaryl/α,β-unsaturated/α-hetero) is 1. The number of benzene rings is 2. The molecule has 2 aromatic heterocycles. The van der Waals surface area contributed by atoms with Crippen molar-refractivity contribution in [2.45, 2.75) is 10.6 Å². The van der Waals surface area contributed by atoms with Gasteiger partial charge < -0.3 is 0 Å². The van der Waals surface area contributed by atoms with Crippen LogP contribution in [0.15, 0.2) is 75.9 Å². The fourth-order valence-electron chi connectivity index (χ4n) is 3.41. The number of fused-ring (bicyclic) bond motifs is 1. The highest BCUT2D eigenvalue weighted by Crippen LogP contribution is 2.26. The van der Waals surface area contributed by atoms with Gasteiger partial charge in [-0.05, 0) is 53.4 Å². The second-order valence-corrected chi connectivity index (χ2v) is 12.0. The minimum absolute atomic E-state index is 0.0560. The summed E-state index contributed by atoms with van der Waals surface area (Å²) < 4.78 is 48.9. The number of nitrogens with one attached hydrogen (secondary N) is 1. The Hall–Kier alpha value is -2.83. The van der Waals surface area contributed by atoms with Gasteiger partial charge in [0.25, 0.3) is 16.8 Å². The second kappa shape index (κ2) is 9.80.